The Bertz CT molecular complexity index is 600. The summed E-state index contributed by atoms with van der Waals surface area (Å²) in [6, 6.07) is 14.7. The first-order chi connectivity index (χ1) is 10.2. The number of para-hydroxylation sites is 1. The summed E-state index contributed by atoms with van der Waals surface area (Å²) in [5.74, 6) is 0.839. The van der Waals surface area contributed by atoms with Gasteiger partial charge in [0.15, 0.2) is 0 Å². The quantitative estimate of drug-likeness (QED) is 0.482. The highest BCUT2D eigenvalue weighted by molar-refractivity contribution is 5.44. The molecule has 5 heteroatoms. The summed E-state index contributed by atoms with van der Waals surface area (Å²) in [6.07, 6.45) is 0. The molecule has 1 N–H and O–H groups in total. The number of nitrogens with zero attached hydrogens (tertiary/aromatic N) is 1. The van der Waals surface area contributed by atoms with Crippen molar-refractivity contribution in [3.05, 3.63) is 69.8 Å². The highest BCUT2D eigenvalue weighted by Gasteiger charge is 2.12. The van der Waals surface area contributed by atoms with E-state index in [2.05, 4.69) is 5.32 Å². The number of ether oxygens (including phenoxy) is 1. The van der Waals surface area contributed by atoms with E-state index in [0.29, 0.717) is 25.3 Å². The van der Waals surface area contributed by atoms with Gasteiger partial charge in [0.05, 0.1) is 4.92 Å². The second-order valence-corrected chi connectivity index (χ2v) is 4.66. The molecule has 2 aromatic carbocycles. The summed E-state index contributed by atoms with van der Waals surface area (Å²) in [5.41, 5.74) is 1.80. The molecule has 0 spiro atoms. The molecule has 0 fully saturated rings. The van der Waals surface area contributed by atoms with Crippen LogP contribution in [0.3, 0.4) is 0 Å². The van der Waals surface area contributed by atoms with Crippen LogP contribution in [0.1, 0.15) is 11.1 Å². The Morgan fingerprint density at radius 2 is 1.90 bits per heavy atom. The van der Waals surface area contributed by atoms with Crippen molar-refractivity contribution in [3.8, 4) is 5.75 Å². The lowest BCUT2D eigenvalue weighted by Crippen LogP contribution is -2.21. The summed E-state index contributed by atoms with van der Waals surface area (Å²) >= 11 is 0. The smallest absolute Gasteiger partial charge is 0.272 e. The van der Waals surface area contributed by atoms with E-state index in [1.54, 1.807) is 13.0 Å². The molecule has 0 atom stereocenters. The Balaban J connectivity index is 1.79. The second-order valence-electron chi connectivity index (χ2n) is 4.66. The van der Waals surface area contributed by atoms with Gasteiger partial charge in [0.1, 0.15) is 12.4 Å². The van der Waals surface area contributed by atoms with Crippen LogP contribution in [0.25, 0.3) is 0 Å². The molecule has 0 radical (unpaired) electrons. The number of benzene rings is 2. The van der Waals surface area contributed by atoms with Crippen LogP contribution in [-0.2, 0) is 6.54 Å². The Kier molecular flexibility index (Phi) is 5.29. The molecule has 21 heavy (non-hydrogen) atoms. The van der Waals surface area contributed by atoms with Crippen molar-refractivity contribution in [2.24, 2.45) is 0 Å². The fourth-order valence-corrected chi connectivity index (χ4v) is 2.04. The van der Waals surface area contributed by atoms with Crippen molar-refractivity contribution in [3.63, 3.8) is 0 Å². The van der Waals surface area contributed by atoms with Gasteiger partial charge in [-0.3, -0.25) is 10.1 Å². The standard InChI is InChI=1S/C16H18N2O3/c1-13-14(6-5-9-16(13)18(19)20)12-17-10-11-21-15-7-3-2-4-8-15/h2-9,17H,10-12H2,1H3. The van der Waals surface area contributed by atoms with Crippen LogP contribution in [-0.4, -0.2) is 18.1 Å². The molecule has 0 aliphatic carbocycles. The van der Waals surface area contributed by atoms with Gasteiger partial charge in [-0.1, -0.05) is 30.3 Å². The SMILES string of the molecule is Cc1c(CNCCOc2ccccc2)cccc1[N+](=O)[O-]. The van der Waals surface area contributed by atoms with E-state index < -0.39 is 0 Å². The zero-order valence-corrected chi connectivity index (χ0v) is 11.9. The first kappa shape index (κ1) is 15.0. The van der Waals surface area contributed by atoms with Gasteiger partial charge in [-0.25, -0.2) is 0 Å². The molecule has 5 nitrogen and oxygen atoms in total. The van der Waals surface area contributed by atoms with Crippen molar-refractivity contribution >= 4 is 5.69 Å². The third-order valence-corrected chi connectivity index (χ3v) is 3.22. The van der Waals surface area contributed by atoms with Crippen molar-refractivity contribution < 1.29 is 9.66 Å². The van der Waals surface area contributed by atoms with E-state index in [-0.39, 0.29) is 10.6 Å². The summed E-state index contributed by atoms with van der Waals surface area (Å²) in [5, 5.41) is 14.1. The fourth-order valence-electron chi connectivity index (χ4n) is 2.04. The van der Waals surface area contributed by atoms with Crippen LogP contribution in [0.4, 0.5) is 5.69 Å². The first-order valence-electron chi connectivity index (χ1n) is 6.80. The molecule has 2 rings (SSSR count). The highest BCUT2D eigenvalue weighted by atomic mass is 16.6. The molecule has 0 amide bonds. The van der Waals surface area contributed by atoms with Gasteiger partial charge in [-0.05, 0) is 24.6 Å². The third-order valence-electron chi connectivity index (χ3n) is 3.22. The Morgan fingerprint density at radius 1 is 1.14 bits per heavy atom. The maximum absolute atomic E-state index is 10.9. The summed E-state index contributed by atoms with van der Waals surface area (Å²) in [6.45, 7) is 3.59. The van der Waals surface area contributed by atoms with Crippen molar-refractivity contribution in [2.45, 2.75) is 13.5 Å². The van der Waals surface area contributed by atoms with Crippen LogP contribution in [0.5, 0.6) is 5.75 Å². The van der Waals surface area contributed by atoms with Gasteiger partial charge in [0.25, 0.3) is 5.69 Å². The van der Waals surface area contributed by atoms with E-state index >= 15 is 0 Å². The third kappa shape index (κ3) is 4.29. The zero-order valence-electron chi connectivity index (χ0n) is 11.9. The van der Waals surface area contributed by atoms with E-state index in [1.165, 1.54) is 6.07 Å². The molecule has 0 saturated heterocycles. The molecule has 0 aromatic heterocycles. The van der Waals surface area contributed by atoms with Crippen LogP contribution in [0, 0.1) is 17.0 Å². The predicted octanol–water partition coefficient (Wildman–Crippen LogP) is 3.07. The fraction of sp³-hybridized carbons (Fsp3) is 0.250. The van der Waals surface area contributed by atoms with Gasteiger partial charge in [0.2, 0.25) is 0 Å². The highest BCUT2D eigenvalue weighted by Crippen LogP contribution is 2.20. The molecular formula is C16H18N2O3. The Morgan fingerprint density at radius 3 is 2.62 bits per heavy atom. The van der Waals surface area contributed by atoms with Gasteiger partial charge >= 0.3 is 0 Å². The van der Waals surface area contributed by atoms with Crippen molar-refractivity contribution in [1.29, 1.82) is 0 Å². The number of hydrogen-bond acceptors (Lipinski definition) is 4. The largest absolute Gasteiger partial charge is 0.492 e. The van der Waals surface area contributed by atoms with Gasteiger partial charge in [0, 0.05) is 24.7 Å². The van der Waals surface area contributed by atoms with Gasteiger partial charge in [-0.15, -0.1) is 0 Å². The average Bonchev–Trinajstić information content (AvgIpc) is 2.49. The molecule has 0 aliphatic rings. The first-order valence-corrected chi connectivity index (χ1v) is 6.80. The molecule has 110 valence electrons. The lowest BCUT2D eigenvalue weighted by atomic mass is 10.1. The number of hydrogen-bond donors (Lipinski definition) is 1. The van der Waals surface area contributed by atoms with E-state index in [9.17, 15) is 10.1 Å². The van der Waals surface area contributed by atoms with Crippen LogP contribution in [0.15, 0.2) is 48.5 Å². The maximum atomic E-state index is 10.9. The Labute approximate surface area is 123 Å². The lowest BCUT2D eigenvalue weighted by molar-refractivity contribution is -0.385. The number of nitro groups is 1. The van der Waals surface area contributed by atoms with Crippen LogP contribution < -0.4 is 10.1 Å². The summed E-state index contributed by atoms with van der Waals surface area (Å²) < 4.78 is 5.57. The molecule has 2 aromatic rings. The monoisotopic (exact) mass is 286 g/mol. The molecule has 0 saturated carbocycles. The van der Waals surface area contributed by atoms with Crippen LogP contribution >= 0.6 is 0 Å². The topological polar surface area (TPSA) is 64.4 Å². The summed E-state index contributed by atoms with van der Waals surface area (Å²) in [4.78, 5) is 10.5. The number of nitrogens with one attached hydrogen (secondary N) is 1. The molecular weight excluding hydrogens is 268 g/mol. The van der Waals surface area contributed by atoms with E-state index in [1.807, 2.05) is 36.4 Å². The average molecular weight is 286 g/mol. The van der Waals surface area contributed by atoms with E-state index in [4.69, 9.17) is 4.74 Å². The number of nitro benzene ring substituents is 1. The Hall–Kier alpha value is -2.40. The van der Waals surface area contributed by atoms with Crippen molar-refractivity contribution in [1.82, 2.24) is 5.32 Å². The molecule has 0 unspecified atom stereocenters. The number of rotatable bonds is 7. The summed E-state index contributed by atoms with van der Waals surface area (Å²) in [7, 11) is 0. The van der Waals surface area contributed by atoms with Crippen molar-refractivity contribution in [2.75, 3.05) is 13.2 Å². The molecule has 0 aliphatic heterocycles. The maximum Gasteiger partial charge on any atom is 0.272 e. The minimum atomic E-state index is -0.350. The van der Waals surface area contributed by atoms with Crippen LogP contribution in [0.2, 0.25) is 0 Å². The van der Waals surface area contributed by atoms with Gasteiger partial charge in [-0.2, -0.15) is 0 Å². The van der Waals surface area contributed by atoms with Gasteiger partial charge < -0.3 is 10.1 Å². The predicted molar refractivity (Wildman–Crippen MR) is 81.5 cm³/mol. The zero-order chi connectivity index (χ0) is 15.1. The van der Waals surface area contributed by atoms with E-state index in [0.717, 1.165) is 11.3 Å². The minimum absolute atomic E-state index is 0.162. The normalized spacial score (nSPS) is 10.3. The second kappa shape index (κ2) is 7.40. The lowest BCUT2D eigenvalue weighted by Gasteiger charge is -2.09. The molecule has 0 bridgehead atoms. The molecule has 0 heterocycles. The minimum Gasteiger partial charge on any atom is -0.492 e.